The predicted molar refractivity (Wildman–Crippen MR) is 101 cm³/mol. The first kappa shape index (κ1) is 17.9. The minimum atomic E-state index is -3.76. The standard InChI is InChI=1S/C20H19O5P/c1-22-17-12-6-8-14-19(17)24-26(21,16-10-4-3-5-11-16)25-20-15-9-7-13-18(20)23-2/h3-15H,1-2H3. The minimum Gasteiger partial charge on any atom is -0.493 e. The summed E-state index contributed by atoms with van der Waals surface area (Å²) in [5.41, 5.74) is 0. The van der Waals surface area contributed by atoms with Crippen molar-refractivity contribution in [3.05, 3.63) is 78.9 Å². The fourth-order valence-electron chi connectivity index (χ4n) is 2.38. The Balaban J connectivity index is 2.04. The SMILES string of the molecule is COc1ccccc1OP(=O)(Oc1ccccc1OC)c1ccccc1. The Hall–Kier alpha value is -2.91. The minimum absolute atomic E-state index is 0.331. The Kier molecular flexibility index (Phi) is 5.49. The molecule has 134 valence electrons. The summed E-state index contributed by atoms with van der Waals surface area (Å²) >= 11 is 0. The van der Waals surface area contributed by atoms with E-state index in [1.165, 1.54) is 14.2 Å². The van der Waals surface area contributed by atoms with E-state index in [-0.39, 0.29) is 0 Å². The lowest BCUT2D eigenvalue weighted by atomic mass is 10.3. The van der Waals surface area contributed by atoms with Gasteiger partial charge in [-0.3, -0.25) is 0 Å². The van der Waals surface area contributed by atoms with E-state index in [1.54, 1.807) is 72.8 Å². The monoisotopic (exact) mass is 370 g/mol. The number of hydrogen-bond acceptors (Lipinski definition) is 5. The van der Waals surface area contributed by atoms with Gasteiger partial charge in [-0.1, -0.05) is 42.5 Å². The van der Waals surface area contributed by atoms with E-state index in [2.05, 4.69) is 0 Å². The van der Waals surface area contributed by atoms with Crippen LogP contribution in [0, 0.1) is 0 Å². The molecule has 0 aliphatic rings. The topological polar surface area (TPSA) is 54.0 Å². The highest BCUT2D eigenvalue weighted by Crippen LogP contribution is 2.51. The van der Waals surface area contributed by atoms with Crippen molar-refractivity contribution in [2.24, 2.45) is 0 Å². The first-order valence-electron chi connectivity index (χ1n) is 7.97. The highest BCUT2D eigenvalue weighted by atomic mass is 31.2. The first-order chi connectivity index (χ1) is 12.7. The molecule has 26 heavy (non-hydrogen) atoms. The van der Waals surface area contributed by atoms with E-state index in [0.29, 0.717) is 28.3 Å². The third-order valence-electron chi connectivity index (χ3n) is 3.65. The molecule has 0 unspecified atom stereocenters. The van der Waals surface area contributed by atoms with Crippen LogP contribution in [0.5, 0.6) is 23.0 Å². The van der Waals surface area contributed by atoms with E-state index in [4.69, 9.17) is 18.5 Å². The van der Waals surface area contributed by atoms with E-state index >= 15 is 0 Å². The maximum absolute atomic E-state index is 13.7. The summed E-state index contributed by atoms with van der Waals surface area (Å²) in [6, 6.07) is 22.8. The summed E-state index contributed by atoms with van der Waals surface area (Å²) in [5.74, 6) is 1.59. The Bertz CT molecular complexity index is 857. The molecule has 0 fully saturated rings. The summed E-state index contributed by atoms with van der Waals surface area (Å²) in [4.78, 5) is 0. The zero-order valence-electron chi connectivity index (χ0n) is 14.5. The van der Waals surface area contributed by atoms with Gasteiger partial charge in [0.1, 0.15) is 0 Å². The lowest BCUT2D eigenvalue weighted by Gasteiger charge is -2.22. The van der Waals surface area contributed by atoms with E-state index < -0.39 is 7.60 Å². The van der Waals surface area contributed by atoms with Crippen LogP contribution in [-0.4, -0.2) is 14.2 Å². The number of rotatable bonds is 7. The summed E-state index contributed by atoms with van der Waals surface area (Å²) < 4.78 is 36.1. The van der Waals surface area contributed by atoms with Crippen LogP contribution < -0.4 is 23.8 Å². The van der Waals surface area contributed by atoms with E-state index in [9.17, 15) is 4.57 Å². The molecule has 0 aromatic heterocycles. The molecule has 0 atom stereocenters. The number of methoxy groups -OCH3 is 2. The highest BCUT2D eigenvalue weighted by molar-refractivity contribution is 7.63. The van der Waals surface area contributed by atoms with Crippen LogP contribution in [0.15, 0.2) is 78.9 Å². The summed E-state index contributed by atoms with van der Waals surface area (Å²) in [6.45, 7) is 0. The third kappa shape index (κ3) is 3.84. The quantitative estimate of drug-likeness (QED) is 0.565. The van der Waals surface area contributed by atoms with Crippen molar-refractivity contribution in [3.63, 3.8) is 0 Å². The zero-order chi connectivity index (χ0) is 18.4. The molecular weight excluding hydrogens is 351 g/mol. The Morgan fingerprint density at radius 1 is 0.577 bits per heavy atom. The van der Waals surface area contributed by atoms with Crippen molar-refractivity contribution < 1.29 is 23.1 Å². The van der Waals surface area contributed by atoms with Gasteiger partial charge in [0.05, 0.1) is 19.5 Å². The molecule has 0 radical (unpaired) electrons. The summed E-state index contributed by atoms with van der Waals surface area (Å²) in [5, 5.41) is 0.428. The molecule has 0 N–H and O–H groups in total. The number of para-hydroxylation sites is 4. The van der Waals surface area contributed by atoms with Crippen LogP contribution >= 0.6 is 7.60 Å². The van der Waals surface area contributed by atoms with Gasteiger partial charge in [0.2, 0.25) is 0 Å². The lowest BCUT2D eigenvalue weighted by Crippen LogP contribution is -2.15. The second kappa shape index (κ2) is 7.98. The maximum Gasteiger partial charge on any atom is 0.463 e. The molecule has 0 aliphatic heterocycles. The van der Waals surface area contributed by atoms with Gasteiger partial charge in [0.25, 0.3) is 0 Å². The molecule has 0 saturated heterocycles. The first-order valence-corrected chi connectivity index (χ1v) is 9.51. The van der Waals surface area contributed by atoms with E-state index in [0.717, 1.165) is 0 Å². The molecule has 6 heteroatoms. The normalized spacial score (nSPS) is 10.8. The fourth-order valence-corrected chi connectivity index (χ4v) is 3.99. The van der Waals surface area contributed by atoms with Gasteiger partial charge in [-0.05, 0) is 36.4 Å². The van der Waals surface area contributed by atoms with Gasteiger partial charge >= 0.3 is 7.60 Å². The molecule has 3 rings (SSSR count). The van der Waals surface area contributed by atoms with Crippen LogP contribution in [0.1, 0.15) is 0 Å². The molecule has 3 aromatic carbocycles. The average Bonchev–Trinajstić information content (AvgIpc) is 2.69. The molecule has 0 spiro atoms. The summed E-state index contributed by atoms with van der Waals surface area (Å²) in [6.07, 6.45) is 0. The van der Waals surface area contributed by atoms with Crippen molar-refractivity contribution in [1.29, 1.82) is 0 Å². The van der Waals surface area contributed by atoms with Gasteiger partial charge in [-0.25, -0.2) is 4.57 Å². The highest BCUT2D eigenvalue weighted by Gasteiger charge is 2.33. The summed E-state index contributed by atoms with van der Waals surface area (Å²) in [7, 11) is -0.707. The van der Waals surface area contributed by atoms with Crippen molar-refractivity contribution in [2.45, 2.75) is 0 Å². The Labute approximate surface area is 152 Å². The Morgan fingerprint density at radius 2 is 0.962 bits per heavy atom. The van der Waals surface area contributed by atoms with Crippen molar-refractivity contribution in [1.82, 2.24) is 0 Å². The van der Waals surface area contributed by atoms with E-state index in [1.807, 2.05) is 6.07 Å². The lowest BCUT2D eigenvalue weighted by molar-refractivity contribution is 0.354. The van der Waals surface area contributed by atoms with Crippen molar-refractivity contribution in [3.8, 4) is 23.0 Å². The van der Waals surface area contributed by atoms with Crippen molar-refractivity contribution in [2.75, 3.05) is 14.2 Å². The van der Waals surface area contributed by atoms with Gasteiger partial charge in [0, 0.05) is 0 Å². The maximum atomic E-state index is 13.7. The predicted octanol–water partition coefficient (Wildman–Crippen LogP) is 4.68. The van der Waals surface area contributed by atoms with Crippen LogP contribution in [0.25, 0.3) is 0 Å². The average molecular weight is 370 g/mol. The molecule has 0 bridgehead atoms. The largest absolute Gasteiger partial charge is 0.493 e. The zero-order valence-corrected chi connectivity index (χ0v) is 15.4. The number of benzene rings is 3. The van der Waals surface area contributed by atoms with Gasteiger partial charge in [0.15, 0.2) is 23.0 Å². The molecule has 5 nitrogen and oxygen atoms in total. The van der Waals surface area contributed by atoms with Gasteiger partial charge in [-0.2, -0.15) is 0 Å². The van der Waals surface area contributed by atoms with Crippen molar-refractivity contribution >= 4 is 12.9 Å². The number of hydrogen-bond donors (Lipinski definition) is 0. The third-order valence-corrected chi connectivity index (χ3v) is 5.45. The van der Waals surface area contributed by atoms with Gasteiger partial charge in [-0.15, -0.1) is 0 Å². The van der Waals surface area contributed by atoms with Gasteiger partial charge < -0.3 is 18.5 Å². The van der Waals surface area contributed by atoms with Crippen LogP contribution in [0.2, 0.25) is 0 Å². The smallest absolute Gasteiger partial charge is 0.463 e. The number of ether oxygens (including phenoxy) is 2. The molecule has 0 saturated carbocycles. The molecule has 0 amide bonds. The fraction of sp³-hybridized carbons (Fsp3) is 0.100. The molecule has 3 aromatic rings. The van der Waals surface area contributed by atoms with Crippen LogP contribution in [0.3, 0.4) is 0 Å². The molecular formula is C20H19O5P. The second-order valence-electron chi connectivity index (χ2n) is 5.32. The molecule has 0 heterocycles. The second-order valence-corrected chi connectivity index (χ2v) is 7.19. The molecule has 0 aliphatic carbocycles. The Morgan fingerprint density at radius 3 is 1.38 bits per heavy atom. The van der Waals surface area contributed by atoms with Crippen LogP contribution in [-0.2, 0) is 4.57 Å². The van der Waals surface area contributed by atoms with Crippen LogP contribution in [0.4, 0.5) is 0 Å².